The zero-order valence-corrected chi connectivity index (χ0v) is 9.92. The molecule has 2 aromatic rings. The van der Waals surface area contributed by atoms with E-state index in [-0.39, 0.29) is 0 Å². The Balaban J connectivity index is 2.35. The predicted molar refractivity (Wildman–Crippen MR) is 68.0 cm³/mol. The molecule has 1 saturated carbocycles. The van der Waals surface area contributed by atoms with Gasteiger partial charge in [-0.2, -0.15) is 0 Å². The lowest BCUT2D eigenvalue weighted by Gasteiger charge is -2.08. The Labute approximate surface area is 97.4 Å². The summed E-state index contributed by atoms with van der Waals surface area (Å²) in [5.41, 5.74) is 8.38. The van der Waals surface area contributed by atoms with E-state index in [1.807, 2.05) is 6.07 Å². The second kappa shape index (κ2) is 3.24. The molecule has 0 aliphatic heterocycles. The summed E-state index contributed by atoms with van der Waals surface area (Å²) >= 11 is 3.47. The third-order valence-corrected chi connectivity index (χ3v) is 3.79. The van der Waals surface area contributed by atoms with Crippen molar-refractivity contribution in [3.63, 3.8) is 0 Å². The third-order valence-electron chi connectivity index (χ3n) is 3.10. The Morgan fingerprint density at radius 3 is 2.60 bits per heavy atom. The van der Waals surface area contributed by atoms with Gasteiger partial charge in [0.15, 0.2) is 0 Å². The zero-order valence-electron chi connectivity index (χ0n) is 8.33. The molecule has 15 heavy (non-hydrogen) atoms. The Kier molecular flexibility index (Phi) is 1.99. The van der Waals surface area contributed by atoms with E-state index in [4.69, 9.17) is 5.73 Å². The van der Waals surface area contributed by atoms with Crippen molar-refractivity contribution in [3.05, 3.63) is 40.4 Å². The molecule has 1 fully saturated rings. The molecule has 1 aliphatic rings. The fraction of sp³-hybridized carbons (Fsp3) is 0.231. The van der Waals surface area contributed by atoms with E-state index in [9.17, 15) is 0 Å². The van der Waals surface area contributed by atoms with Crippen molar-refractivity contribution in [1.29, 1.82) is 0 Å². The summed E-state index contributed by atoms with van der Waals surface area (Å²) in [5.74, 6) is 0.772. The van der Waals surface area contributed by atoms with Gasteiger partial charge in [-0.3, -0.25) is 0 Å². The van der Waals surface area contributed by atoms with E-state index in [1.165, 1.54) is 29.2 Å². The molecule has 0 radical (unpaired) electrons. The highest BCUT2D eigenvalue weighted by atomic mass is 79.9. The summed E-state index contributed by atoms with van der Waals surface area (Å²) in [6.07, 6.45) is 2.66. The number of halogens is 1. The second-order valence-corrected chi connectivity index (χ2v) is 5.03. The quantitative estimate of drug-likeness (QED) is 0.770. The minimum atomic E-state index is 0.772. The molecule has 2 aromatic carbocycles. The van der Waals surface area contributed by atoms with Gasteiger partial charge in [0.1, 0.15) is 0 Å². The highest BCUT2D eigenvalue weighted by Gasteiger charge is 2.25. The third kappa shape index (κ3) is 1.44. The van der Waals surface area contributed by atoms with Crippen LogP contribution in [0.4, 0.5) is 5.69 Å². The monoisotopic (exact) mass is 261 g/mol. The van der Waals surface area contributed by atoms with E-state index >= 15 is 0 Å². The van der Waals surface area contributed by atoms with Crippen molar-refractivity contribution in [1.82, 2.24) is 0 Å². The summed E-state index contributed by atoms with van der Waals surface area (Å²) < 4.78 is 0.989. The molecule has 0 bridgehead atoms. The SMILES string of the molecule is Nc1c(Br)ccc2c(C3CC3)cccc12. The molecule has 2 heteroatoms. The first-order valence-corrected chi connectivity index (χ1v) is 6.03. The van der Waals surface area contributed by atoms with Crippen molar-refractivity contribution < 1.29 is 0 Å². The van der Waals surface area contributed by atoms with Gasteiger partial charge in [0.05, 0.1) is 5.69 Å². The van der Waals surface area contributed by atoms with Gasteiger partial charge in [-0.1, -0.05) is 24.3 Å². The van der Waals surface area contributed by atoms with Gasteiger partial charge in [0.25, 0.3) is 0 Å². The second-order valence-electron chi connectivity index (χ2n) is 4.18. The molecule has 3 rings (SSSR count). The molecule has 0 amide bonds. The smallest absolute Gasteiger partial charge is 0.0538 e. The lowest BCUT2D eigenvalue weighted by molar-refractivity contribution is 1.15. The van der Waals surface area contributed by atoms with Gasteiger partial charge in [-0.25, -0.2) is 0 Å². The lowest BCUT2D eigenvalue weighted by atomic mass is 10.0. The number of anilines is 1. The molecule has 0 spiro atoms. The molecule has 0 saturated heterocycles. The number of nitrogens with two attached hydrogens (primary N) is 1. The average Bonchev–Trinajstić information content (AvgIpc) is 3.07. The van der Waals surface area contributed by atoms with Gasteiger partial charge < -0.3 is 5.73 Å². The van der Waals surface area contributed by atoms with E-state index in [0.717, 1.165) is 16.1 Å². The van der Waals surface area contributed by atoms with Crippen molar-refractivity contribution >= 4 is 32.4 Å². The van der Waals surface area contributed by atoms with Crippen molar-refractivity contribution in [3.8, 4) is 0 Å². The maximum Gasteiger partial charge on any atom is 0.0538 e. The van der Waals surface area contributed by atoms with Crippen LogP contribution in [0.5, 0.6) is 0 Å². The van der Waals surface area contributed by atoms with Crippen LogP contribution in [0.1, 0.15) is 24.3 Å². The lowest BCUT2D eigenvalue weighted by Crippen LogP contribution is -1.91. The molecule has 0 heterocycles. The van der Waals surface area contributed by atoms with Crippen LogP contribution in [0.3, 0.4) is 0 Å². The molecule has 76 valence electrons. The minimum Gasteiger partial charge on any atom is -0.397 e. The maximum absolute atomic E-state index is 6.06. The summed E-state index contributed by atoms with van der Waals surface area (Å²) in [4.78, 5) is 0. The number of hydrogen-bond donors (Lipinski definition) is 1. The first kappa shape index (κ1) is 9.22. The van der Waals surface area contributed by atoms with Crippen LogP contribution in [0.15, 0.2) is 34.8 Å². The van der Waals surface area contributed by atoms with Crippen LogP contribution >= 0.6 is 15.9 Å². The van der Waals surface area contributed by atoms with Gasteiger partial charge >= 0.3 is 0 Å². The van der Waals surface area contributed by atoms with Crippen molar-refractivity contribution in [2.45, 2.75) is 18.8 Å². The highest BCUT2D eigenvalue weighted by molar-refractivity contribution is 9.10. The van der Waals surface area contributed by atoms with E-state index in [2.05, 4.69) is 40.2 Å². The number of rotatable bonds is 1. The Bertz CT molecular complexity index is 529. The van der Waals surface area contributed by atoms with Crippen LogP contribution in [-0.4, -0.2) is 0 Å². The Morgan fingerprint density at radius 1 is 1.07 bits per heavy atom. The van der Waals surface area contributed by atoms with Crippen molar-refractivity contribution in [2.75, 3.05) is 5.73 Å². The minimum absolute atomic E-state index is 0.772. The molecular weight excluding hydrogens is 250 g/mol. The van der Waals surface area contributed by atoms with Crippen LogP contribution < -0.4 is 5.73 Å². The molecule has 0 atom stereocenters. The van der Waals surface area contributed by atoms with Crippen LogP contribution in [-0.2, 0) is 0 Å². The van der Waals surface area contributed by atoms with Crippen LogP contribution in [0, 0.1) is 0 Å². The number of hydrogen-bond acceptors (Lipinski definition) is 1. The summed E-state index contributed by atoms with van der Waals surface area (Å²) in [6.45, 7) is 0. The molecule has 0 unspecified atom stereocenters. The predicted octanol–water partition coefficient (Wildman–Crippen LogP) is 4.06. The van der Waals surface area contributed by atoms with Gasteiger partial charge in [0.2, 0.25) is 0 Å². The Morgan fingerprint density at radius 2 is 1.87 bits per heavy atom. The standard InChI is InChI=1S/C13H12BrN/c14-12-7-6-10-9(8-4-5-8)2-1-3-11(10)13(12)15/h1-3,6-8H,4-5,15H2. The van der Waals surface area contributed by atoms with Crippen molar-refractivity contribution in [2.24, 2.45) is 0 Å². The highest BCUT2D eigenvalue weighted by Crippen LogP contribution is 2.44. The maximum atomic E-state index is 6.06. The number of benzene rings is 2. The van der Waals surface area contributed by atoms with Crippen LogP contribution in [0.2, 0.25) is 0 Å². The van der Waals surface area contributed by atoms with Gasteiger partial charge in [-0.05, 0) is 51.7 Å². The molecular formula is C13H12BrN. The number of nitrogen functional groups attached to an aromatic ring is 1. The summed E-state index contributed by atoms with van der Waals surface area (Å²) in [5, 5.41) is 2.49. The first-order valence-electron chi connectivity index (χ1n) is 5.24. The summed E-state index contributed by atoms with van der Waals surface area (Å²) in [6, 6.07) is 10.7. The molecule has 1 nitrogen and oxygen atoms in total. The molecule has 2 N–H and O–H groups in total. The normalized spacial score (nSPS) is 15.8. The van der Waals surface area contributed by atoms with Crippen LogP contribution in [0.25, 0.3) is 10.8 Å². The average molecular weight is 262 g/mol. The van der Waals surface area contributed by atoms with E-state index in [0.29, 0.717) is 0 Å². The largest absolute Gasteiger partial charge is 0.397 e. The van der Waals surface area contributed by atoms with E-state index in [1.54, 1.807) is 0 Å². The zero-order chi connectivity index (χ0) is 10.4. The number of fused-ring (bicyclic) bond motifs is 1. The Hall–Kier alpha value is -1.02. The first-order chi connectivity index (χ1) is 7.27. The topological polar surface area (TPSA) is 26.0 Å². The van der Waals surface area contributed by atoms with Gasteiger partial charge in [0, 0.05) is 9.86 Å². The van der Waals surface area contributed by atoms with E-state index < -0.39 is 0 Å². The molecule has 1 aliphatic carbocycles. The van der Waals surface area contributed by atoms with Gasteiger partial charge in [-0.15, -0.1) is 0 Å². The molecule has 0 aromatic heterocycles. The fourth-order valence-electron chi connectivity index (χ4n) is 2.13. The summed E-state index contributed by atoms with van der Waals surface area (Å²) in [7, 11) is 0. The fourth-order valence-corrected chi connectivity index (χ4v) is 2.47.